The van der Waals surface area contributed by atoms with Crippen molar-refractivity contribution in [1.82, 2.24) is 29.7 Å². The highest BCUT2D eigenvalue weighted by Crippen LogP contribution is 2.41. The van der Waals surface area contributed by atoms with Crippen LogP contribution in [0, 0.1) is 12.7 Å². The Labute approximate surface area is 239 Å². The number of anilines is 1. The molecule has 1 saturated heterocycles. The molecule has 210 valence electrons. The van der Waals surface area contributed by atoms with Crippen LogP contribution in [0.5, 0.6) is 11.6 Å². The Morgan fingerprint density at radius 2 is 2.00 bits per heavy atom. The number of benzene rings is 1. The summed E-state index contributed by atoms with van der Waals surface area (Å²) >= 11 is 3.70. The van der Waals surface area contributed by atoms with Crippen LogP contribution in [-0.2, 0) is 11.3 Å². The lowest BCUT2D eigenvalue weighted by Crippen LogP contribution is -2.60. The number of nitrogen functional groups attached to an aromatic ring is 1. The highest BCUT2D eigenvalue weighted by atomic mass is 79.9. The number of nitrogens with zero attached hydrogens (tertiary/aromatic N) is 5. The molecule has 10 nitrogen and oxygen atoms in total. The molecule has 1 aromatic carbocycles. The first-order chi connectivity index (χ1) is 19.0. The number of hydrogen-bond acceptors (Lipinski definition) is 8. The quantitative estimate of drug-likeness (QED) is 0.289. The molecule has 0 bridgehead atoms. The molecule has 3 N–H and O–H groups in total. The molecule has 0 aliphatic carbocycles. The molecule has 0 atom stereocenters. The van der Waals surface area contributed by atoms with Crippen molar-refractivity contribution < 1.29 is 18.7 Å². The third-order valence-corrected chi connectivity index (χ3v) is 7.23. The Bertz CT molecular complexity index is 1560. The number of halogens is 2. The standard InChI is InChI=1S/C28H31BrFN7O3/c1-16-6-5-7-21(35-16)39-20-9-8-17(12-19(20)30)22-23-25(31)33-15-34-26(23)37(24(22)29)11-10-32-18-13-36(14-18)27(38)40-28(2,3)4/h5-9,12,15,18,32H,10-11,13-14H2,1-4H3,(H2,31,33,34). The number of carbonyl (C=O) groups excluding carboxylic acids is 1. The van der Waals surface area contributed by atoms with Crippen LogP contribution >= 0.6 is 15.9 Å². The normalized spacial score (nSPS) is 13.9. The summed E-state index contributed by atoms with van der Waals surface area (Å²) in [7, 11) is 0. The summed E-state index contributed by atoms with van der Waals surface area (Å²) in [5.74, 6) is 0.139. The van der Waals surface area contributed by atoms with Crippen LogP contribution in [0.15, 0.2) is 47.3 Å². The zero-order valence-corrected chi connectivity index (χ0v) is 24.3. The van der Waals surface area contributed by atoms with Gasteiger partial charge < -0.3 is 30.0 Å². The van der Waals surface area contributed by atoms with Gasteiger partial charge in [-0.3, -0.25) is 0 Å². The van der Waals surface area contributed by atoms with Gasteiger partial charge in [0.05, 0.1) is 9.99 Å². The molecule has 0 spiro atoms. The van der Waals surface area contributed by atoms with Gasteiger partial charge in [0, 0.05) is 49.5 Å². The predicted octanol–water partition coefficient (Wildman–Crippen LogP) is 5.29. The predicted molar refractivity (Wildman–Crippen MR) is 154 cm³/mol. The van der Waals surface area contributed by atoms with Crippen molar-refractivity contribution in [3.63, 3.8) is 0 Å². The Hall–Kier alpha value is -3.77. The molecule has 12 heteroatoms. The minimum atomic E-state index is -0.537. The molecule has 1 amide bonds. The molecule has 0 radical (unpaired) electrons. The summed E-state index contributed by atoms with van der Waals surface area (Å²) < 4.78 is 29.0. The smallest absolute Gasteiger partial charge is 0.410 e. The van der Waals surface area contributed by atoms with Crippen molar-refractivity contribution in [2.24, 2.45) is 0 Å². The van der Waals surface area contributed by atoms with Crippen LogP contribution in [0.4, 0.5) is 15.0 Å². The third-order valence-electron chi connectivity index (χ3n) is 6.41. The first-order valence-corrected chi connectivity index (χ1v) is 13.7. The SMILES string of the molecule is Cc1cccc(Oc2ccc(-c3c(Br)n(CCNC4CN(C(=O)OC(C)(C)C)C4)c4ncnc(N)c34)cc2F)n1. The fraction of sp³-hybridized carbons (Fsp3) is 0.357. The average Bonchev–Trinajstić information content (AvgIpc) is 3.13. The van der Waals surface area contributed by atoms with Gasteiger partial charge in [0.25, 0.3) is 0 Å². The van der Waals surface area contributed by atoms with E-state index in [1.54, 1.807) is 29.2 Å². The number of nitrogens with two attached hydrogens (primary N) is 1. The molecule has 3 aromatic heterocycles. The van der Waals surface area contributed by atoms with E-state index < -0.39 is 11.4 Å². The fourth-order valence-electron chi connectivity index (χ4n) is 4.52. The minimum absolute atomic E-state index is 0.0658. The van der Waals surface area contributed by atoms with E-state index in [9.17, 15) is 4.79 Å². The Kier molecular flexibility index (Phi) is 7.65. The van der Waals surface area contributed by atoms with E-state index in [0.717, 1.165) is 5.69 Å². The lowest BCUT2D eigenvalue weighted by atomic mass is 10.1. The second kappa shape index (κ2) is 11.0. The number of aryl methyl sites for hydroxylation is 1. The molecule has 40 heavy (non-hydrogen) atoms. The van der Waals surface area contributed by atoms with E-state index in [1.807, 2.05) is 38.3 Å². The van der Waals surface area contributed by atoms with Crippen LogP contribution in [0.25, 0.3) is 22.2 Å². The molecular formula is C28H31BrFN7O3. The largest absolute Gasteiger partial charge is 0.444 e. The number of carbonyl (C=O) groups is 1. The first-order valence-electron chi connectivity index (χ1n) is 12.9. The Morgan fingerprint density at radius 1 is 1.23 bits per heavy atom. The molecule has 0 saturated carbocycles. The van der Waals surface area contributed by atoms with Crippen LogP contribution in [0.3, 0.4) is 0 Å². The number of likely N-dealkylation sites (tertiary alicyclic amines) is 1. The zero-order chi connectivity index (χ0) is 28.6. The Morgan fingerprint density at radius 3 is 2.70 bits per heavy atom. The second-order valence-electron chi connectivity index (χ2n) is 10.7. The summed E-state index contributed by atoms with van der Waals surface area (Å²) in [5, 5.41) is 4.09. The van der Waals surface area contributed by atoms with Crippen LogP contribution in [0.2, 0.25) is 0 Å². The van der Waals surface area contributed by atoms with Gasteiger partial charge in [-0.05, 0) is 67.4 Å². The van der Waals surface area contributed by atoms with Gasteiger partial charge in [0.2, 0.25) is 5.88 Å². The van der Waals surface area contributed by atoms with Crippen molar-refractivity contribution in [2.45, 2.75) is 45.9 Å². The number of rotatable bonds is 7. The highest BCUT2D eigenvalue weighted by Gasteiger charge is 2.33. The summed E-state index contributed by atoms with van der Waals surface area (Å²) in [6, 6.07) is 10.2. The second-order valence-corrected chi connectivity index (χ2v) is 11.4. The lowest BCUT2D eigenvalue weighted by molar-refractivity contribution is 0.00532. The van der Waals surface area contributed by atoms with Gasteiger partial charge >= 0.3 is 6.09 Å². The molecule has 5 rings (SSSR count). The molecule has 0 unspecified atom stereocenters. The number of aromatic nitrogens is 4. The molecule has 4 aromatic rings. The van der Waals surface area contributed by atoms with E-state index in [4.69, 9.17) is 15.2 Å². The fourth-order valence-corrected chi connectivity index (χ4v) is 5.30. The van der Waals surface area contributed by atoms with E-state index >= 15 is 4.39 Å². The molecule has 1 aliphatic rings. The zero-order valence-electron chi connectivity index (χ0n) is 22.7. The van der Waals surface area contributed by atoms with E-state index in [-0.39, 0.29) is 17.9 Å². The van der Waals surface area contributed by atoms with Gasteiger partial charge in [0.1, 0.15) is 23.4 Å². The highest BCUT2D eigenvalue weighted by molar-refractivity contribution is 9.10. The number of amides is 1. The number of fused-ring (bicyclic) bond motifs is 1. The maximum atomic E-state index is 15.2. The maximum absolute atomic E-state index is 15.2. The van der Waals surface area contributed by atoms with Crippen molar-refractivity contribution in [1.29, 1.82) is 0 Å². The molecule has 1 fully saturated rings. The van der Waals surface area contributed by atoms with Crippen molar-refractivity contribution in [3.05, 3.63) is 58.8 Å². The summed E-state index contributed by atoms with van der Waals surface area (Å²) in [5.41, 5.74) is 8.44. The number of nitrogens with one attached hydrogen (secondary N) is 1. The minimum Gasteiger partial charge on any atom is -0.444 e. The van der Waals surface area contributed by atoms with Crippen LogP contribution in [0.1, 0.15) is 26.5 Å². The van der Waals surface area contributed by atoms with Gasteiger partial charge in [-0.15, -0.1) is 0 Å². The topological polar surface area (TPSA) is 120 Å². The van der Waals surface area contributed by atoms with E-state index in [0.29, 0.717) is 64.6 Å². The molecule has 4 heterocycles. The number of ether oxygens (including phenoxy) is 2. The van der Waals surface area contributed by atoms with Crippen LogP contribution in [-0.4, -0.2) is 61.8 Å². The average molecular weight is 613 g/mol. The van der Waals surface area contributed by atoms with Crippen molar-refractivity contribution in [3.8, 4) is 22.8 Å². The van der Waals surface area contributed by atoms with E-state index in [1.165, 1.54) is 12.4 Å². The summed E-state index contributed by atoms with van der Waals surface area (Å²) in [4.78, 5) is 26.8. The van der Waals surface area contributed by atoms with Gasteiger partial charge in [-0.1, -0.05) is 12.1 Å². The lowest BCUT2D eigenvalue weighted by Gasteiger charge is -2.40. The maximum Gasteiger partial charge on any atom is 0.410 e. The van der Waals surface area contributed by atoms with Crippen molar-refractivity contribution in [2.75, 3.05) is 25.4 Å². The summed E-state index contributed by atoms with van der Waals surface area (Å²) in [6.07, 6.45) is 1.11. The van der Waals surface area contributed by atoms with Gasteiger partial charge in [-0.25, -0.2) is 24.1 Å². The van der Waals surface area contributed by atoms with Crippen molar-refractivity contribution >= 4 is 38.9 Å². The van der Waals surface area contributed by atoms with E-state index in [2.05, 4.69) is 36.2 Å². The first kappa shape index (κ1) is 27.8. The monoisotopic (exact) mass is 611 g/mol. The van der Waals surface area contributed by atoms with Crippen LogP contribution < -0.4 is 15.8 Å². The summed E-state index contributed by atoms with van der Waals surface area (Å²) in [6.45, 7) is 9.72. The molecular weight excluding hydrogens is 581 g/mol. The third kappa shape index (κ3) is 5.87. The number of pyridine rings is 1. The Balaban J connectivity index is 1.32. The molecule has 1 aliphatic heterocycles. The van der Waals surface area contributed by atoms with Gasteiger partial charge in [0.15, 0.2) is 11.6 Å². The van der Waals surface area contributed by atoms with Gasteiger partial charge in [-0.2, -0.15) is 0 Å². The number of hydrogen-bond donors (Lipinski definition) is 2.